The number of carbonyl (C=O) groups excluding carboxylic acids is 1. The Hall–Kier alpha value is -2.17. The number of rotatable bonds is 4. The van der Waals surface area contributed by atoms with E-state index < -0.39 is 0 Å². The van der Waals surface area contributed by atoms with Crippen molar-refractivity contribution in [1.29, 1.82) is 0 Å². The second-order valence-corrected chi connectivity index (χ2v) is 5.66. The zero-order valence-corrected chi connectivity index (χ0v) is 13.0. The van der Waals surface area contributed by atoms with Crippen LogP contribution < -0.4 is 10.6 Å². The van der Waals surface area contributed by atoms with Crippen LogP contribution in [0, 0.1) is 19.8 Å². The molecule has 1 heterocycles. The first-order chi connectivity index (χ1) is 9.95. The molecule has 2 N–H and O–H groups in total. The summed E-state index contributed by atoms with van der Waals surface area (Å²) in [5.41, 5.74) is 4.18. The summed E-state index contributed by atoms with van der Waals surface area (Å²) in [5, 5.41) is 5.67. The molecule has 1 aromatic carbocycles. The van der Waals surface area contributed by atoms with Crippen LogP contribution >= 0.6 is 0 Å². The van der Waals surface area contributed by atoms with E-state index in [9.17, 15) is 4.79 Å². The van der Waals surface area contributed by atoms with Gasteiger partial charge in [-0.05, 0) is 44.4 Å². The molecule has 2 rings (SSSR count). The zero-order valence-electron chi connectivity index (χ0n) is 13.0. The van der Waals surface area contributed by atoms with E-state index in [4.69, 9.17) is 0 Å². The number of aryl methyl sites for hydroxylation is 2. The maximum absolute atomic E-state index is 11.8. The van der Waals surface area contributed by atoms with Gasteiger partial charge in [0.05, 0.1) is 22.4 Å². The van der Waals surface area contributed by atoms with Gasteiger partial charge in [-0.3, -0.25) is 0 Å². The Morgan fingerprint density at radius 2 is 1.81 bits per heavy atom. The molecule has 1 aromatic heterocycles. The summed E-state index contributed by atoms with van der Waals surface area (Å²) in [6.45, 7) is 8.81. The molecular formula is C16H22N4O. The highest BCUT2D eigenvalue weighted by atomic mass is 16.2. The Bertz CT molecular complexity index is 652. The van der Waals surface area contributed by atoms with E-state index in [1.165, 1.54) is 0 Å². The van der Waals surface area contributed by atoms with Gasteiger partial charge in [-0.25, -0.2) is 14.8 Å². The maximum Gasteiger partial charge on any atom is 0.319 e. The van der Waals surface area contributed by atoms with Gasteiger partial charge in [0.15, 0.2) is 0 Å². The molecule has 0 bridgehead atoms. The molecule has 0 fully saturated rings. The first-order valence-electron chi connectivity index (χ1n) is 7.25. The van der Waals surface area contributed by atoms with Crippen LogP contribution in [0.5, 0.6) is 0 Å². The van der Waals surface area contributed by atoms with Crippen molar-refractivity contribution in [2.75, 3.05) is 11.9 Å². The highest BCUT2D eigenvalue weighted by Gasteiger charge is 2.05. The Morgan fingerprint density at radius 1 is 1.14 bits per heavy atom. The number of amides is 2. The third-order valence-electron chi connectivity index (χ3n) is 3.34. The fourth-order valence-electron chi connectivity index (χ4n) is 1.96. The van der Waals surface area contributed by atoms with Crippen molar-refractivity contribution < 1.29 is 4.79 Å². The molecule has 0 saturated carbocycles. The highest BCUT2D eigenvalue weighted by molar-refractivity contribution is 5.91. The van der Waals surface area contributed by atoms with Crippen molar-refractivity contribution in [3.8, 4) is 0 Å². The Balaban J connectivity index is 2.05. The van der Waals surface area contributed by atoms with Gasteiger partial charge in [0, 0.05) is 12.2 Å². The molecule has 0 radical (unpaired) electrons. The molecule has 0 aliphatic carbocycles. The zero-order chi connectivity index (χ0) is 15.4. The van der Waals surface area contributed by atoms with E-state index in [-0.39, 0.29) is 6.03 Å². The predicted octanol–water partition coefficient (Wildman–Crippen LogP) is 3.41. The first-order valence-corrected chi connectivity index (χ1v) is 7.25. The van der Waals surface area contributed by atoms with Crippen molar-refractivity contribution >= 4 is 22.8 Å². The van der Waals surface area contributed by atoms with Crippen molar-refractivity contribution in [3.63, 3.8) is 0 Å². The summed E-state index contributed by atoms with van der Waals surface area (Å²) >= 11 is 0. The number of hydrogen-bond acceptors (Lipinski definition) is 3. The van der Waals surface area contributed by atoms with Crippen LogP contribution in [0.25, 0.3) is 11.0 Å². The van der Waals surface area contributed by atoms with Crippen LogP contribution in [-0.4, -0.2) is 22.5 Å². The van der Waals surface area contributed by atoms with Gasteiger partial charge in [0.1, 0.15) is 0 Å². The number of fused-ring (bicyclic) bond motifs is 1. The maximum atomic E-state index is 11.8. The molecule has 2 amide bonds. The van der Waals surface area contributed by atoms with Gasteiger partial charge in [0.25, 0.3) is 0 Å². The van der Waals surface area contributed by atoms with E-state index in [1.54, 1.807) is 0 Å². The largest absolute Gasteiger partial charge is 0.338 e. The molecule has 112 valence electrons. The van der Waals surface area contributed by atoms with Crippen LogP contribution in [0.1, 0.15) is 31.7 Å². The third-order valence-corrected chi connectivity index (χ3v) is 3.34. The summed E-state index contributed by atoms with van der Waals surface area (Å²) in [7, 11) is 0. The minimum Gasteiger partial charge on any atom is -0.338 e. The standard InChI is InChI=1S/C16H22N4O/c1-10(2)7-8-17-16(21)20-13-5-6-14-15(9-13)19-12(4)11(3)18-14/h5-6,9-10H,7-8H2,1-4H3,(H2,17,20,21). The molecule has 0 spiro atoms. The van der Waals surface area contributed by atoms with Gasteiger partial charge in [-0.2, -0.15) is 0 Å². The van der Waals surface area contributed by atoms with Crippen LogP contribution in [0.2, 0.25) is 0 Å². The number of hydrogen-bond donors (Lipinski definition) is 2. The first kappa shape index (κ1) is 15.2. The van der Waals surface area contributed by atoms with E-state index >= 15 is 0 Å². The lowest BCUT2D eigenvalue weighted by Gasteiger charge is -2.10. The number of carbonyl (C=O) groups is 1. The fraction of sp³-hybridized carbons (Fsp3) is 0.438. The van der Waals surface area contributed by atoms with Gasteiger partial charge in [-0.15, -0.1) is 0 Å². The summed E-state index contributed by atoms with van der Waals surface area (Å²) < 4.78 is 0. The van der Waals surface area contributed by atoms with E-state index in [0.717, 1.165) is 34.5 Å². The Morgan fingerprint density at radius 3 is 2.48 bits per heavy atom. The molecule has 5 nitrogen and oxygen atoms in total. The van der Waals surface area contributed by atoms with Gasteiger partial charge in [-0.1, -0.05) is 13.8 Å². The average molecular weight is 286 g/mol. The van der Waals surface area contributed by atoms with E-state index in [0.29, 0.717) is 12.5 Å². The van der Waals surface area contributed by atoms with Gasteiger partial charge < -0.3 is 10.6 Å². The molecule has 2 aromatic rings. The van der Waals surface area contributed by atoms with E-state index in [1.807, 2.05) is 32.0 Å². The molecule has 21 heavy (non-hydrogen) atoms. The topological polar surface area (TPSA) is 66.9 Å². The average Bonchev–Trinajstić information content (AvgIpc) is 2.40. The minimum atomic E-state index is -0.188. The lowest BCUT2D eigenvalue weighted by atomic mass is 10.1. The number of nitrogens with one attached hydrogen (secondary N) is 2. The van der Waals surface area contributed by atoms with Crippen LogP contribution in [0.3, 0.4) is 0 Å². The number of aromatic nitrogens is 2. The number of urea groups is 1. The second-order valence-electron chi connectivity index (χ2n) is 5.66. The molecule has 0 aliphatic rings. The molecule has 0 saturated heterocycles. The second kappa shape index (κ2) is 6.52. The summed E-state index contributed by atoms with van der Waals surface area (Å²) in [5.74, 6) is 0.576. The van der Waals surface area contributed by atoms with Gasteiger partial charge >= 0.3 is 6.03 Å². The fourth-order valence-corrected chi connectivity index (χ4v) is 1.96. The quantitative estimate of drug-likeness (QED) is 0.905. The lowest BCUT2D eigenvalue weighted by molar-refractivity contribution is 0.251. The Kier molecular flexibility index (Phi) is 4.73. The normalized spacial score (nSPS) is 10.9. The lowest BCUT2D eigenvalue weighted by Crippen LogP contribution is -2.30. The third kappa shape index (κ3) is 4.15. The molecule has 0 aliphatic heterocycles. The number of benzene rings is 1. The van der Waals surface area contributed by atoms with Gasteiger partial charge in [0.2, 0.25) is 0 Å². The summed E-state index contributed by atoms with van der Waals surface area (Å²) in [4.78, 5) is 20.8. The van der Waals surface area contributed by atoms with Crippen molar-refractivity contribution in [2.45, 2.75) is 34.1 Å². The SMILES string of the molecule is Cc1nc2ccc(NC(=O)NCCC(C)C)cc2nc1C. The monoisotopic (exact) mass is 286 g/mol. The van der Waals surface area contributed by atoms with Crippen LogP contribution in [0.15, 0.2) is 18.2 Å². The minimum absolute atomic E-state index is 0.188. The number of anilines is 1. The molecule has 5 heteroatoms. The summed E-state index contributed by atoms with van der Waals surface area (Å²) in [6.07, 6.45) is 0.967. The van der Waals surface area contributed by atoms with Crippen LogP contribution in [0.4, 0.5) is 10.5 Å². The smallest absolute Gasteiger partial charge is 0.319 e. The molecular weight excluding hydrogens is 264 g/mol. The Labute approximate surface area is 125 Å². The number of nitrogens with zero attached hydrogens (tertiary/aromatic N) is 2. The van der Waals surface area contributed by atoms with Crippen molar-refractivity contribution in [2.24, 2.45) is 5.92 Å². The van der Waals surface area contributed by atoms with Crippen LogP contribution in [-0.2, 0) is 0 Å². The molecule has 0 atom stereocenters. The summed E-state index contributed by atoms with van der Waals surface area (Å²) in [6, 6.07) is 5.37. The highest BCUT2D eigenvalue weighted by Crippen LogP contribution is 2.17. The van der Waals surface area contributed by atoms with E-state index in [2.05, 4.69) is 34.4 Å². The molecule has 0 unspecified atom stereocenters. The van der Waals surface area contributed by atoms with Crippen molar-refractivity contribution in [3.05, 3.63) is 29.6 Å². The predicted molar refractivity (Wildman–Crippen MR) is 85.5 cm³/mol. The van der Waals surface area contributed by atoms with Crippen molar-refractivity contribution in [1.82, 2.24) is 15.3 Å².